The first kappa shape index (κ1) is 15.6. The quantitative estimate of drug-likeness (QED) is 0.665. The summed E-state index contributed by atoms with van der Waals surface area (Å²) in [6.45, 7) is 7.00. The van der Waals surface area contributed by atoms with Crippen molar-refractivity contribution in [2.24, 2.45) is 0 Å². The van der Waals surface area contributed by atoms with Gasteiger partial charge in [-0.25, -0.2) is 4.18 Å². The van der Waals surface area contributed by atoms with Crippen molar-refractivity contribution < 1.29 is 17.2 Å². The lowest BCUT2D eigenvalue weighted by molar-refractivity contribution is 0.265. The Hall–Kier alpha value is -0.760. The number of thioether (sulfide) groups is 1. The summed E-state index contributed by atoms with van der Waals surface area (Å²) in [5.74, 6) is 0. The highest BCUT2D eigenvalue weighted by Crippen LogP contribution is 2.44. The number of rotatable bonds is 5. The van der Waals surface area contributed by atoms with E-state index in [1.54, 1.807) is 11.8 Å². The van der Waals surface area contributed by atoms with E-state index >= 15 is 0 Å². The molecule has 1 N–H and O–H groups in total. The molecule has 0 amide bonds. The van der Waals surface area contributed by atoms with Crippen LogP contribution in [0.25, 0.3) is 0 Å². The molecule has 0 aliphatic carbocycles. The van der Waals surface area contributed by atoms with Crippen molar-refractivity contribution in [3.05, 3.63) is 23.3 Å². The Morgan fingerprint density at radius 2 is 2.00 bits per heavy atom. The largest absolute Gasteiger partial charge is 0.397 e. The van der Waals surface area contributed by atoms with E-state index in [0.717, 1.165) is 0 Å². The molecule has 0 bridgehead atoms. The third-order valence-corrected chi connectivity index (χ3v) is 5.04. The van der Waals surface area contributed by atoms with Crippen molar-refractivity contribution in [3.63, 3.8) is 0 Å². The zero-order chi connectivity index (χ0) is 14.9. The number of benzene rings is 1. The van der Waals surface area contributed by atoms with Gasteiger partial charge in [-0.2, -0.15) is 8.42 Å². The number of hydrogen-bond donors (Lipinski definition) is 1. The molecule has 1 aromatic rings. The molecule has 1 aromatic carbocycles. The number of fused-ring (bicyclic) bond motifs is 1. The van der Waals surface area contributed by atoms with Gasteiger partial charge in [0.05, 0.1) is 17.7 Å². The van der Waals surface area contributed by atoms with E-state index in [-0.39, 0.29) is 6.61 Å². The van der Waals surface area contributed by atoms with Crippen molar-refractivity contribution >= 4 is 27.8 Å². The molecule has 20 heavy (non-hydrogen) atoms. The minimum atomic E-state index is -4.33. The van der Waals surface area contributed by atoms with Crippen LogP contribution in [0.4, 0.5) is 5.69 Å². The molecule has 0 radical (unpaired) electrons. The van der Waals surface area contributed by atoms with Gasteiger partial charge < -0.3 is 4.90 Å². The van der Waals surface area contributed by atoms with Crippen LogP contribution in [0.1, 0.15) is 24.5 Å². The molecule has 0 saturated carbocycles. The molecule has 0 fully saturated rings. The van der Waals surface area contributed by atoms with Gasteiger partial charge in [0.1, 0.15) is 0 Å². The Labute approximate surface area is 124 Å². The average Bonchev–Trinajstić information content (AvgIpc) is 2.60. The van der Waals surface area contributed by atoms with Crippen molar-refractivity contribution in [2.45, 2.75) is 37.5 Å². The van der Waals surface area contributed by atoms with E-state index < -0.39 is 10.4 Å². The molecule has 1 aliphatic rings. The third-order valence-electron chi connectivity index (χ3n) is 3.40. The molecule has 0 aromatic heterocycles. The number of anilines is 1. The van der Waals surface area contributed by atoms with Crippen molar-refractivity contribution in [1.29, 1.82) is 0 Å². The Balaban J connectivity index is 2.02. The molecule has 1 unspecified atom stereocenters. The van der Waals surface area contributed by atoms with Crippen LogP contribution in [0.3, 0.4) is 0 Å². The maximum absolute atomic E-state index is 10.5. The maximum atomic E-state index is 10.5. The van der Waals surface area contributed by atoms with Crippen molar-refractivity contribution in [1.82, 2.24) is 0 Å². The summed E-state index contributed by atoms with van der Waals surface area (Å²) in [4.78, 5) is 3.50. The Kier molecular flexibility index (Phi) is 4.63. The average molecular weight is 317 g/mol. The summed E-state index contributed by atoms with van der Waals surface area (Å²) in [6, 6.07) is 4.37. The standard InChI is InChI=1S/C13H19NO4S2/c1-9-7-12-13(8-10(9)2)19-11(3)14(12)5-4-6-18-20(15,16)17/h7-8,11H,4-6H2,1-3H3,(H,15,16,17). The van der Waals surface area contributed by atoms with Crippen LogP contribution in [0, 0.1) is 13.8 Å². The minimum absolute atomic E-state index is 0.00705. The van der Waals surface area contributed by atoms with Gasteiger partial charge in [0.2, 0.25) is 0 Å². The second kappa shape index (κ2) is 5.93. The highest BCUT2D eigenvalue weighted by Gasteiger charge is 2.26. The zero-order valence-electron chi connectivity index (χ0n) is 11.8. The summed E-state index contributed by atoms with van der Waals surface area (Å²) in [7, 11) is -4.33. The van der Waals surface area contributed by atoms with Gasteiger partial charge in [-0.05, 0) is 50.5 Å². The number of aryl methyl sites for hydroxylation is 2. The lowest BCUT2D eigenvalue weighted by Crippen LogP contribution is -2.28. The van der Waals surface area contributed by atoms with E-state index in [0.29, 0.717) is 18.3 Å². The molecule has 1 aliphatic heterocycles. The predicted molar refractivity (Wildman–Crippen MR) is 80.7 cm³/mol. The van der Waals surface area contributed by atoms with Crippen LogP contribution in [0.2, 0.25) is 0 Å². The molecule has 0 spiro atoms. The first-order valence-corrected chi connectivity index (χ1v) is 8.69. The summed E-state index contributed by atoms with van der Waals surface area (Å²) >= 11 is 1.80. The summed E-state index contributed by atoms with van der Waals surface area (Å²) in [5, 5.41) is 0.317. The monoisotopic (exact) mass is 317 g/mol. The summed E-state index contributed by atoms with van der Waals surface area (Å²) in [5.41, 5.74) is 3.72. The molecule has 112 valence electrons. The molecule has 5 nitrogen and oxygen atoms in total. The highest BCUT2D eigenvalue weighted by molar-refractivity contribution is 8.00. The van der Waals surface area contributed by atoms with Gasteiger partial charge in [0.15, 0.2) is 0 Å². The normalized spacial score (nSPS) is 18.4. The van der Waals surface area contributed by atoms with E-state index in [2.05, 4.69) is 42.0 Å². The highest BCUT2D eigenvalue weighted by atomic mass is 32.3. The van der Waals surface area contributed by atoms with Crippen LogP contribution in [0.15, 0.2) is 17.0 Å². The van der Waals surface area contributed by atoms with Crippen molar-refractivity contribution in [3.8, 4) is 0 Å². The van der Waals surface area contributed by atoms with E-state index in [4.69, 9.17) is 4.55 Å². The molecule has 1 atom stereocenters. The van der Waals surface area contributed by atoms with E-state index in [1.807, 2.05) is 0 Å². The predicted octanol–water partition coefficient (Wildman–Crippen LogP) is 2.77. The first-order valence-electron chi connectivity index (χ1n) is 6.44. The van der Waals surface area contributed by atoms with Gasteiger partial charge in [-0.1, -0.05) is 11.8 Å². The second-order valence-corrected chi connectivity index (χ2v) is 7.37. The maximum Gasteiger partial charge on any atom is 0.397 e. The fraction of sp³-hybridized carbons (Fsp3) is 0.538. The summed E-state index contributed by atoms with van der Waals surface area (Å²) in [6.07, 6.45) is 0.539. The smallest absolute Gasteiger partial charge is 0.358 e. The topological polar surface area (TPSA) is 66.8 Å². The fourth-order valence-electron chi connectivity index (χ4n) is 2.24. The van der Waals surface area contributed by atoms with E-state index in [9.17, 15) is 8.42 Å². The van der Waals surface area contributed by atoms with Crippen LogP contribution < -0.4 is 4.90 Å². The van der Waals surface area contributed by atoms with Crippen LogP contribution >= 0.6 is 11.8 Å². The zero-order valence-corrected chi connectivity index (χ0v) is 13.4. The lowest BCUT2D eigenvalue weighted by Gasteiger charge is -2.24. The fourth-order valence-corrected chi connectivity index (χ4v) is 3.82. The molecular formula is C13H19NO4S2. The van der Waals surface area contributed by atoms with Gasteiger partial charge in [0, 0.05) is 11.4 Å². The van der Waals surface area contributed by atoms with Gasteiger partial charge in [-0.15, -0.1) is 0 Å². The number of hydrogen-bond acceptors (Lipinski definition) is 5. The van der Waals surface area contributed by atoms with Gasteiger partial charge in [-0.3, -0.25) is 4.55 Å². The summed E-state index contributed by atoms with van der Waals surface area (Å²) < 4.78 is 33.8. The third kappa shape index (κ3) is 3.66. The van der Waals surface area contributed by atoms with Gasteiger partial charge in [0.25, 0.3) is 0 Å². The van der Waals surface area contributed by atoms with Gasteiger partial charge >= 0.3 is 10.4 Å². The van der Waals surface area contributed by atoms with Crippen LogP contribution in [0.5, 0.6) is 0 Å². The SMILES string of the molecule is Cc1cc2c(cc1C)N(CCCOS(=O)(=O)O)C(C)S2. The van der Waals surface area contributed by atoms with E-state index in [1.165, 1.54) is 21.7 Å². The molecule has 0 saturated heterocycles. The van der Waals surface area contributed by atoms with Crippen molar-refractivity contribution in [2.75, 3.05) is 18.1 Å². The molecule has 7 heteroatoms. The Bertz CT molecular complexity index is 601. The minimum Gasteiger partial charge on any atom is -0.358 e. The van der Waals surface area contributed by atoms with Crippen LogP contribution in [-0.2, 0) is 14.6 Å². The number of nitrogens with zero attached hydrogens (tertiary/aromatic N) is 1. The lowest BCUT2D eigenvalue weighted by atomic mass is 10.1. The first-order chi connectivity index (χ1) is 9.28. The Morgan fingerprint density at radius 1 is 1.35 bits per heavy atom. The molecule has 2 rings (SSSR count). The second-order valence-electron chi connectivity index (χ2n) is 4.92. The van der Waals surface area contributed by atoms with Crippen LogP contribution in [-0.4, -0.2) is 31.5 Å². The molecule has 1 heterocycles. The molecular weight excluding hydrogens is 298 g/mol. The Morgan fingerprint density at radius 3 is 2.65 bits per heavy atom.